The number of hydrogen-bond donors (Lipinski definition) is 1. The fourth-order valence-corrected chi connectivity index (χ4v) is 0.868. The van der Waals surface area contributed by atoms with Gasteiger partial charge in [-0.3, -0.25) is 4.79 Å². The van der Waals surface area contributed by atoms with Crippen LogP contribution >= 0.6 is 0 Å². The maximum atomic E-state index is 12.5. The average molecular weight is 179 g/mol. The van der Waals surface area contributed by atoms with Crippen LogP contribution in [0.5, 0.6) is 0 Å². The number of carbonyl (C=O) groups excluding carboxylic acids is 1. The van der Waals surface area contributed by atoms with Crippen LogP contribution in [-0.4, -0.2) is 12.5 Å². The minimum atomic E-state index is -0.347. The summed E-state index contributed by atoms with van der Waals surface area (Å²) in [6.07, 6.45) is 1.58. The SMILES string of the molecule is C=CCNC(=O)c1ccc(F)cc1. The lowest BCUT2D eigenvalue weighted by molar-refractivity contribution is 0.0958. The molecule has 0 fully saturated rings. The molecule has 3 heteroatoms. The Labute approximate surface area is 76.1 Å². The Balaban J connectivity index is 2.66. The summed E-state index contributed by atoms with van der Waals surface area (Å²) in [5.41, 5.74) is 0.447. The normalized spacial score (nSPS) is 9.31. The van der Waals surface area contributed by atoms with Gasteiger partial charge >= 0.3 is 0 Å². The molecular formula is C10H10FNO. The lowest BCUT2D eigenvalue weighted by Gasteiger charge is -2.00. The maximum absolute atomic E-state index is 12.5. The number of halogens is 1. The zero-order valence-electron chi connectivity index (χ0n) is 7.09. The van der Waals surface area contributed by atoms with Gasteiger partial charge in [0.15, 0.2) is 0 Å². The third-order valence-electron chi connectivity index (χ3n) is 1.51. The van der Waals surface area contributed by atoms with Crippen LogP contribution in [0.25, 0.3) is 0 Å². The number of hydrogen-bond acceptors (Lipinski definition) is 1. The molecule has 0 bridgehead atoms. The Hall–Kier alpha value is -1.64. The van der Waals surface area contributed by atoms with Crippen molar-refractivity contribution in [2.24, 2.45) is 0 Å². The van der Waals surface area contributed by atoms with E-state index in [-0.39, 0.29) is 11.7 Å². The fourth-order valence-electron chi connectivity index (χ4n) is 0.868. The van der Waals surface area contributed by atoms with Crippen LogP contribution in [0.2, 0.25) is 0 Å². The second kappa shape index (κ2) is 4.40. The molecule has 1 aromatic carbocycles. The topological polar surface area (TPSA) is 29.1 Å². The Morgan fingerprint density at radius 2 is 2.08 bits per heavy atom. The van der Waals surface area contributed by atoms with Crippen molar-refractivity contribution >= 4 is 5.91 Å². The van der Waals surface area contributed by atoms with Crippen LogP contribution in [0.3, 0.4) is 0 Å². The molecule has 0 unspecified atom stereocenters. The van der Waals surface area contributed by atoms with Gasteiger partial charge in [-0.2, -0.15) is 0 Å². The molecule has 0 saturated heterocycles. The first-order valence-electron chi connectivity index (χ1n) is 3.88. The molecule has 1 amide bonds. The smallest absolute Gasteiger partial charge is 0.251 e. The summed E-state index contributed by atoms with van der Waals surface area (Å²) in [5.74, 6) is -0.569. The highest BCUT2D eigenvalue weighted by molar-refractivity contribution is 5.94. The van der Waals surface area contributed by atoms with Crippen LogP contribution < -0.4 is 5.32 Å². The molecule has 1 rings (SSSR count). The van der Waals surface area contributed by atoms with Gasteiger partial charge in [0.1, 0.15) is 5.82 Å². The van der Waals surface area contributed by atoms with Crippen molar-refractivity contribution in [2.75, 3.05) is 6.54 Å². The van der Waals surface area contributed by atoms with E-state index in [2.05, 4.69) is 11.9 Å². The molecule has 1 aromatic rings. The Morgan fingerprint density at radius 1 is 1.46 bits per heavy atom. The zero-order valence-corrected chi connectivity index (χ0v) is 7.09. The van der Waals surface area contributed by atoms with Crippen molar-refractivity contribution in [3.8, 4) is 0 Å². The Bertz CT molecular complexity index is 305. The molecule has 0 spiro atoms. The van der Waals surface area contributed by atoms with E-state index in [9.17, 15) is 9.18 Å². The van der Waals surface area contributed by atoms with E-state index in [0.29, 0.717) is 12.1 Å². The van der Waals surface area contributed by atoms with Gasteiger partial charge in [-0.1, -0.05) is 6.08 Å². The first-order chi connectivity index (χ1) is 6.24. The number of nitrogens with one attached hydrogen (secondary N) is 1. The molecule has 1 N–H and O–H groups in total. The van der Waals surface area contributed by atoms with Gasteiger partial charge in [-0.25, -0.2) is 4.39 Å². The molecular weight excluding hydrogens is 169 g/mol. The minimum Gasteiger partial charge on any atom is -0.349 e. The number of rotatable bonds is 3. The molecule has 0 radical (unpaired) electrons. The summed E-state index contributed by atoms with van der Waals surface area (Å²) >= 11 is 0. The first-order valence-corrected chi connectivity index (χ1v) is 3.88. The Morgan fingerprint density at radius 3 is 2.62 bits per heavy atom. The van der Waals surface area contributed by atoms with Crippen LogP contribution in [0, 0.1) is 5.82 Å². The van der Waals surface area contributed by atoms with Crippen molar-refractivity contribution in [1.29, 1.82) is 0 Å². The van der Waals surface area contributed by atoms with Crippen molar-refractivity contribution in [3.63, 3.8) is 0 Å². The van der Waals surface area contributed by atoms with Crippen LogP contribution in [-0.2, 0) is 0 Å². The van der Waals surface area contributed by atoms with Gasteiger partial charge in [0.25, 0.3) is 5.91 Å². The summed E-state index contributed by atoms with van der Waals surface area (Å²) in [7, 11) is 0. The number of benzene rings is 1. The van der Waals surface area contributed by atoms with Crippen molar-refractivity contribution < 1.29 is 9.18 Å². The largest absolute Gasteiger partial charge is 0.349 e. The van der Waals surface area contributed by atoms with Crippen molar-refractivity contribution in [1.82, 2.24) is 5.32 Å². The molecule has 2 nitrogen and oxygen atoms in total. The predicted octanol–water partition coefficient (Wildman–Crippen LogP) is 1.74. The summed E-state index contributed by atoms with van der Waals surface area (Å²) in [5, 5.41) is 2.59. The molecule has 13 heavy (non-hydrogen) atoms. The standard InChI is InChI=1S/C10H10FNO/c1-2-7-12-10(13)8-3-5-9(11)6-4-8/h2-6H,1,7H2,(H,12,13). The lowest BCUT2D eigenvalue weighted by Crippen LogP contribution is -2.22. The molecule has 68 valence electrons. The second-order valence-electron chi connectivity index (χ2n) is 2.51. The maximum Gasteiger partial charge on any atom is 0.251 e. The summed E-state index contributed by atoms with van der Waals surface area (Å²) in [6.45, 7) is 3.88. The highest BCUT2D eigenvalue weighted by Gasteiger charge is 2.02. The van der Waals surface area contributed by atoms with Crippen molar-refractivity contribution in [2.45, 2.75) is 0 Å². The Kier molecular flexibility index (Phi) is 3.20. The highest BCUT2D eigenvalue weighted by Crippen LogP contribution is 2.01. The zero-order chi connectivity index (χ0) is 9.68. The van der Waals surface area contributed by atoms with Crippen LogP contribution in [0.4, 0.5) is 4.39 Å². The number of carbonyl (C=O) groups is 1. The average Bonchev–Trinajstić information content (AvgIpc) is 2.15. The van der Waals surface area contributed by atoms with E-state index >= 15 is 0 Å². The van der Waals surface area contributed by atoms with Crippen LogP contribution in [0.15, 0.2) is 36.9 Å². The van der Waals surface area contributed by atoms with Crippen molar-refractivity contribution in [3.05, 3.63) is 48.3 Å². The quantitative estimate of drug-likeness (QED) is 0.703. The van der Waals surface area contributed by atoms with E-state index in [1.807, 2.05) is 0 Å². The molecule has 0 aromatic heterocycles. The fraction of sp³-hybridized carbons (Fsp3) is 0.100. The molecule has 0 atom stereocenters. The third-order valence-corrected chi connectivity index (χ3v) is 1.51. The minimum absolute atomic E-state index is 0.222. The van der Waals surface area contributed by atoms with E-state index in [1.54, 1.807) is 6.08 Å². The van der Waals surface area contributed by atoms with Crippen LogP contribution in [0.1, 0.15) is 10.4 Å². The summed E-state index contributed by atoms with van der Waals surface area (Å²) in [4.78, 5) is 11.2. The van der Waals surface area contributed by atoms with E-state index in [4.69, 9.17) is 0 Å². The third kappa shape index (κ3) is 2.71. The van der Waals surface area contributed by atoms with Gasteiger partial charge in [0.2, 0.25) is 0 Å². The van der Waals surface area contributed by atoms with E-state index in [1.165, 1.54) is 24.3 Å². The summed E-state index contributed by atoms with van der Waals surface area (Å²) in [6, 6.07) is 5.38. The highest BCUT2D eigenvalue weighted by atomic mass is 19.1. The number of amides is 1. The monoisotopic (exact) mass is 179 g/mol. The molecule has 0 heterocycles. The van der Waals surface area contributed by atoms with Gasteiger partial charge in [-0.15, -0.1) is 6.58 Å². The summed E-state index contributed by atoms with van der Waals surface area (Å²) < 4.78 is 12.5. The van der Waals surface area contributed by atoms with Gasteiger partial charge in [0.05, 0.1) is 0 Å². The molecule has 0 aliphatic heterocycles. The molecule has 0 aliphatic carbocycles. The second-order valence-corrected chi connectivity index (χ2v) is 2.51. The predicted molar refractivity (Wildman–Crippen MR) is 48.9 cm³/mol. The lowest BCUT2D eigenvalue weighted by atomic mass is 10.2. The van der Waals surface area contributed by atoms with E-state index < -0.39 is 0 Å². The van der Waals surface area contributed by atoms with Gasteiger partial charge in [0, 0.05) is 12.1 Å². The first kappa shape index (κ1) is 9.45. The van der Waals surface area contributed by atoms with Gasteiger partial charge < -0.3 is 5.32 Å². The van der Waals surface area contributed by atoms with Gasteiger partial charge in [-0.05, 0) is 24.3 Å². The molecule has 0 saturated carbocycles. The molecule has 0 aliphatic rings. The van der Waals surface area contributed by atoms with E-state index in [0.717, 1.165) is 0 Å².